The van der Waals surface area contributed by atoms with E-state index >= 15 is 4.39 Å². The molecule has 1 aliphatic carbocycles. The van der Waals surface area contributed by atoms with Crippen LogP contribution in [0.15, 0.2) is 77.6 Å². The van der Waals surface area contributed by atoms with Gasteiger partial charge >= 0.3 is 6.01 Å². The maximum absolute atomic E-state index is 16.1. The van der Waals surface area contributed by atoms with Gasteiger partial charge in [0.05, 0.1) is 48.5 Å². The van der Waals surface area contributed by atoms with Crippen LogP contribution in [0.25, 0.3) is 55.3 Å². The number of anilines is 1. The van der Waals surface area contributed by atoms with E-state index in [-0.39, 0.29) is 74.5 Å². The van der Waals surface area contributed by atoms with Gasteiger partial charge in [0.15, 0.2) is 5.75 Å². The molecule has 20 nitrogen and oxygen atoms in total. The molecule has 4 aromatic heterocycles. The molecule has 0 spiro atoms. The Morgan fingerprint density at radius 3 is 2.40 bits per heavy atom. The Balaban J connectivity index is 0.820. The summed E-state index contributed by atoms with van der Waals surface area (Å²) >= 11 is 0. The number of methoxy groups -OCH3 is 1. The number of aliphatic hydroxyl groups excluding tert-OH is 2. The molecule has 81 heavy (non-hydrogen) atoms. The molecule has 1 saturated carbocycles. The number of aryl methyl sites for hydroxylation is 2. The number of aromatic nitrogens is 8. The Hall–Kier alpha value is -7.85. The van der Waals surface area contributed by atoms with E-state index in [4.69, 9.17) is 28.7 Å². The normalized spacial score (nSPS) is 20.0. The molecule has 2 amide bonds. The minimum Gasteiger partial charge on any atom is -0.486 e. The van der Waals surface area contributed by atoms with E-state index in [1.54, 1.807) is 26.4 Å². The lowest BCUT2D eigenvalue weighted by molar-refractivity contribution is -0.142. The van der Waals surface area contributed by atoms with Crippen molar-refractivity contribution in [2.45, 2.75) is 122 Å². The second-order valence-corrected chi connectivity index (χ2v) is 22.6. The molecular formula is C60H67FN12O8. The van der Waals surface area contributed by atoms with Gasteiger partial charge in [0, 0.05) is 78.3 Å². The maximum Gasteiger partial charge on any atom is 0.319 e. The number of piperazine rings is 1. The monoisotopic (exact) mass is 1100 g/mol. The molecule has 7 heterocycles. The third kappa shape index (κ3) is 10.2. The molecule has 2 bridgehead atoms. The Bertz CT molecular complexity index is 3630. The van der Waals surface area contributed by atoms with Crippen LogP contribution < -0.4 is 25.0 Å². The molecule has 5 N–H and O–H groups in total. The number of benzene rings is 4. The van der Waals surface area contributed by atoms with Crippen LogP contribution in [-0.2, 0) is 20.9 Å². The highest BCUT2D eigenvalue weighted by atomic mass is 19.1. The summed E-state index contributed by atoms with van der Waals surface area (Å²) < 4.78 is 41.9. The number of aromatic amines is 1. The Labute approximate surface area is 467 Å². The van der Waals surface area contributed by atoms with Gasteiger partial charge in [-0.2, -0.15) is 15.1 Å². The van der Waals surface area contributed by atoms with Crippen LogP contribution in [0.2, 0.25) is 0 Å². The zero-order valence-electron chi connectivity index (χ0n) is 46.4. The summed E-state index contributed by atoms with van der Waals surface area (Å²) in [4.78, 5) is 42.7. The van der Waals surface area contributed by atoms with Crippen molar-refractivity contribution < 1.29 is 42.9 Å². The molecule has 4 aliphatic rings. The molecule has 4 fully saturated rings. The fourth-order valence-corrected chi connectivity index (χ4v) is 12.1. The quantitative estimate of drug-likeness (QED) is 0.0524. The van der Waals surface area contributed by atoms with Gasteiger partial charge in [0.1, 0.15) is 53.9 Å². The van der Waals surface area contributed by atoms with Gasteiger partial charge in [-0.05, 0) is 98.7 Å². The van der Waals surface area contributed by atoms with Crippen LogP contribution >= 0.6 is 0 Å². The SMILES string of the molecule is CO[C@@H](C)COc1nc(N2C[C@H]3C[C@@H]2CN3)c2cc(C3CC3)c(-c3c(C)c(F)cc4[nH]ncc34)c(OCc3ccc(-c4cn([C@H](C(=O)N5C[C@H](O)C[C@H]5C(=O)N[C@@H](CO)c5ccc(-c6c(C)noc6C)cc5)C(C)C)nn4)cc3)c2n1. The number of hydrogen-bond acceptors (Lipinski definition) is 16. The standard InChI is InChI=1S/C60H67FN12O8/c1-30(2)55(59(77)72-25-42(75)19-50(72)58(76)64-49(27-74)38-14-16-39(17-15-38)52-33(5)69-81-34(52)6)73-26-48(68-70-73)37-10-8-35(9-11-37)29-79-56-53(51-32(4)46(61)21-47-45(51)23-63-67-47)43(36-12-13-36)20-44-54(56)65-60(80-28-31(3)78-7)66-57(44)71-24-40-18-41(71)22-62-40/h8-11,14-17,20-21,23,26,30-31,36,40-42,49-50,55,62,74-75H,12-13,18-19,22,24-25,27-29H2,1-7H3,(H,63,67)(H,64,76)/t31-,40+,41+,42+,49-,50-,55-/m0/s1. The summed E-state index contributed by atoms with van der Waals surface area (Å²) in [6.45, 7) is 12.8. The number of hydrogen-bond donors (Lipinski definition) is 5. The van der Waals surface area contributed by atoms with Crippen LogP contribution in [-0.4, -0.2) is 138 Å². The van der Waals surface area contributed by atoms with Crippen molar-refractivity contribution in [3.63, 3.8) is 0 Å². The van der Waals surface area contributed by atoms with Crippen LogP contribution in [0.4, 0.5) is 10.2 Å². The number of nitrogens with one attached hydrogen (secondary N) is 3. The number of halogens is 1. The van der Waals surface area contributed by atoms with Crippen molar-refractivity contribution in [1.29, 1.82) is 0 Å². The summed E-state index contributed by atoms with van der Waals surface area (Å²) in [5.41, 5.74) is 9.38. The van der Waals surface area contributed by atoms with Gasteiger partial charge < -0.3 is 49.4 Å². The third-order valence-corrected chi connectivity index (χ3v) is 16.6. The maximum atomic E-state index is 16.1. The predicted molar refractivity (Wildman–Crippen MR) is 300 cm³/mol. The van der Waals surface area contributed by atoms with Crippen LogP contribution in [0.5, 0.6) is 11.8 Å². The zero-order valence-corrected chi connectivity index (χ0v) is 46.4. The predicted octanol–water partition coefficient (Wildman–Crippen LogP) is 7.58. The fraction of sp³-hybridized carbons (Fsp3) is 0.433. The first-order valence-corrected chi connectivity index (χ1v) is 27.9. The lowest BCUT2D eigenvalue weighted by Crippen LogP contribution is -2.50. The van der Waals surface area contributed by atoms with Gasteiger partial charge in [-0.15, -0.1) is 5.10 Å². The number of carbonyl (C=O) groups excluding carboxylic acids is 2. The minimum absolute atomic E-state index is 0.0299. The number of amides is 2. The van der Waals surface area contributed by atoms with E-state index in [1.807, 2.05) is 83.1 Å². The number of aliphatic hydroxyl groups is 2. The van der Waals surface area contributed by atoms with Crippen molar-refractivity contribution in [3.8, 4) is 45.3 Å². The first-order chi connectivity index (χ1) is 39.2. The molecule has 422 valence electrons. The summed E-state index contributed by atoms with van der Waals surface area (Å²) in [7, 11) is 1.63. The number of β-amino-alcohol motifs (C(OH)–C–C–N with tert-alkyl or cyclic N) is 1. The average molecular weight is 1100 g/mol. The lowest BCUT2D eigenvalue weighted by atomic mass is 9.88. The van der Waals surface area contributed by atoms with E-state index in [9.17, 15) is 19.8 Å². The summed E-state index contributed by atoms with van der Waals surface area (Å²) in [5, 5.41) is 49.9. The molecule has 4 aromatic carbocycles. The number of carbonyl (C=O) groups is 2. The largest absolute Gasteiger partial charge is 0.486 e. The van der Waals surface area contributed by atoms with Crippen molar-refractivity contribution in [3.05, 3.63) is 113 Å². The van der Waals surface area contributed by atoms with E-state index < -0.39 is 30.1 Å². The highest BCUT2D eigenvalue weighted by Gasteiger charge is 2.44. The van der Waals surface area contributed by atoms with Gasteiger partial charge in [-0.1, -0.05) is 72.7 Å². The number of ether oxygens (including phenoxy) is 3. The van der Waals surface area contributed by atoms with Gasteiger partial charge in [0.2, 0.25) is 11.8 Å². The Morgan fingerprint density at radius 2 is 1.72 bits per heavy atom. The molecule has 7 atom stereocenters. The molecule has 21 heteroatoms. The van der Waals surface area contributed by atoms with Crippen LogP contribution in [0, 0.1) is 32.5 Å². The first kappa shape index (κ1) is 53.8. The highest BCUT2D eigenvalue weighted by molar-refractivity contribution is 6.06. The first-order valence-electron chi connectivity index (χ1n) is 27.9. The van der Waals surface area contributed by atoms with Crippen molar-refractivity contribution in [2.24, 2.45) is 5.92 Å². The Kier molecular flexibility index (Phi) is 14.5. The second kappa shape index (κ2) is 21.9. The Morgan fingerprint density at radius 1 is 0.938 bits per heavy atom. The van der Waals surface area contributed by atoms with Crippen LogP contribution in [0.3, 0.4) is 0 Å². The smallest absolute Gasteiger partial charge is 0.319 e. The van der Waals surface area contributed by atoms with E-state index in [0.717, 1.165) is 88.0 Å². The molecule has 8 aromatic rings. The lowest BCUT2D eigenvalue weighted by Gasteiger charge is -2.30. The van der Waals surface area contributed by atoms with Crippen molar-refractivity contribution in [1.82, 2.24) is 55.8 Å². The van der Waals surface area contributed by atoms with Crippen molar-refractivity contribution >= 4 is 39.4 Å². The highest BCUT2D eigenvalue weighted by Crippen LogP contribution is 2.53. The molecule has 12 rings (SSSR count). The fourth-order valence-electron chi connectivity index (χ4n) is 12.1. The van der Waals surface area contributed by atoms with E-state index in [0.29, 0.717) is 51.0 Å². The average Bonchev–Trinajstić information content (AvgIpc) is 4.25. The molecule has 3 saturated heterocycles. The third-order valence-electron chi connectivity index (χ3n) is 16.6. The number of fused-ring (bicyclic) bond motifs is 4. The molecule has 3 aliphatic heterocycles. The van der Waals surface area contributed by atoms with Crippen LogP contribution in [0.1, 0.15) is 98.2 Å². The molecular weight excluding hydrogens is 1040 g/mol. The van der Waals surface area contributed by atoms with E-state index in [1.165, 1.54) is 15.6 Å². The zero-order chi connectivity index (χ0) is 56.4. The minimum atomic E-state index is -0.996. The number of likely N-dealkylation sites (tertiary alicyclic amines) is 1. The summed E-state index contributed by atoms with van der Waals surface area (Å²) in [6, 6.07) is 17.0. The van der Waals surface area contributed by atoms with Gasteiger partial charge in [-0.25, -0.2) is 9.07 Å². The number of rotatable bonds is 19. The second-order valence-electron chi connectivity index (χ2n) is 22.6. The summed E-state index contributed by atoms with van der Waals surface area (Å²) in [5.74, 6) is 0.640. The molecule has 0 unspecified atom stereocenters. The topological polar surface area (TPSA) is 244 Å². The van der Waals surface area contributed by atoms with E-state index in [2.05, 4.69) is 47.3 Å². The van der Waals surface area contributed by atoms with Crippen molar-refractivity contribution in [2.75, 3.05) is 44.9 Å². The summed E-state index contributed by atoms with van der Waals surface area (Å²) in [6.07, 6.45) is 5.28. The van der Waals surface area contributed by atoms with Gasteiger partial charge in [0.25, 0.3) is 0 Å². The number of nitrogens with zero attached hydrogens (tertiary/aromatic N) is 9. The molecule has 0 radical (unpaired) electrons. The van der Waals surface area contributed by atoms with Gasteiger partial charge in [-0.3, -0.25) is 14.7 Å². The number of H-pyrrole nitrogens is 1.